The maximum atomic E-state index is 12.2. The van der Waals surface area contributed by atoms with Gasteiger partial charge in [0.25, 0.3) is 0 Å². The SMILES string of the molecule is O=C(/C=C/c1ccccn1)c1cccc(-n2cccc2)c1. The molecule has 0 amide bonds. The van der Waals surface area contributed by atoms with E-state index in [9.17, 15) is 4.79 Å². The summed E-state index contributed by atoms with van der Waals surface area (Å²) in [5.74, 6) is -0.0327. The average Bonchev–Trinajstić information content (AvgIpc) is 3.08. The van der Waals surface area contributed by atoms with Crippen LogP contribution in [0.3, 0.4) is 0 Å². The van der Waals surface area contributed by atoms with Crippen molar-refractivity contribution in [2.24, 2.45) is 0 Å². The molecule has 3 aromatic rings. The van der Waals surface area contributed by atoms with E-state index in [0.29, 0.717) is 5.56 Å². The standard InChI is InChI=1S/C18H14N2O/c21-18(10-9-16-7-1-2-11-19-16)15-6-5-8-17(14-15)20-12-3-4-13-20/h1-14H/b10-9+. The Kier molecular flexibility index (Phi) is 3.74. The number of carbonyl (C=O) groups is 1. The number of hydrogen-bond acceptors (Lipinski definition) is 2. The van der Waals surface area contributed by atoms with Gasteiger partial charge in [-0.1, -0.05) is 18.2 Å². The molecule has 2 heterocycles. The molecule has 3 heteroatoms. The second-order valence-corrected chi connectivity index (χ2v) is 4.59. The van der Waals surface area contributed by atoms with Crippen molar-refractivity contribution >= 4 is 11.9 Å². The van der Waals surface area contributed by atoms with Crippen molar-refractivity contribution in [1.82, 2.24) is 9.55 Å². The van der Waals surface area contributed by atoms with Gasteiger partial charge in [-0.3, -0.25) is 9.78 Å². The van der Waals surface area contributed by atoms with Crippen molar-refractivity contribution in [3.63, 3.8) is 0 Å². The Morgan fingerprint density at radius 1 is 1.00 bits per heavy atom. The Labute approximate surface area is 123 Å². The van der Waals surface area contributed by atoms with Crippen LogP contribution in [0.15, 0.2) is 79.3 Å². The lowest BCUT2D eigenvalue weighted by molar-refractivity contribution is 0.104. The Bertz CT molecular complexity index is 759. The minimum Gasteiger partial charge on any atom is -0.324 e. The van der Waals surface area contributed by atoms with Crippen molar-refractivity contribution in [2.45, 2.75) is 0 Å². The maximum absolute atomic E-state index is 12.2. The van der Waals surface area contributed by atoms with Gasteiger partial charge in [-0.25, -0.2) is 0 Å². The third-order valence-electron chi connectivity index (χ3n) is 3.13. The highest BCUT2D eigenvalue weighted by atomic mass is 16.1. The molecule has 0 aliphatic rings. The molecule has 21 heavy (non-hydrogen) atoms. The third kappa shape index (κ3) is 3.15. The summed E-state index contributed by atoms with van der Waals surface area (Å²) < 4.78 is 1.97. The summed E-state index contributed by atoms with van der Waals surface area (Å²) in [4.78, 5) is 16.4. The van der Waals surface area contributed by atoms with Gasteiger partial charge in [-0.2, -0.15) is 0 Å². The molecule has 0 bridgehead atoms. The zero-order valence-electron chi connectivity index (χ0n) is 11.4. The van der Waals surface area contributed by atoms with Crippen LogP contribution in [0, 0.1) is 0 Å². The number of aromatic nitrogens is 2. The lowest BCUT2D eigenvalue weighted by Gasteiger charge is -2.04. The zero-order chi connectivity index (χ0) is 14.5. The van der Waals surface area contributed by atoms with Crippen molar-refractivity contribution in [3.8, 4) is 5.69 Å². The third-order valence-corrected chi connectivity index (χ3v) is 3.13. The molecule has 102 valence electrons. The number of rotatable bonds is 4. The highest BCUT2D eigenvalue weighted by molar-refractivity contribution is 6.07. The molecule has 0 fully saturated rings. The molecule has 3 rings (SSSR count). The van der Waals surface area contributed by atoms with E-state index in [1.165, 1.54) is 0 Å². The quantitative estimate of drug-likeness (QED) is 0.536. The van der Waals surface area contributed by atoms with Crippen LogP contribution in [0.1, 0.15) is 16.1 Å². The lowest BCUT2D eigenvalue weighted by atomic mass is 10.1. The summed E-state index contributed by atoms with van der Waals surface area (Å²) in [5, 5.41) is 0. The van der Waals surface area contributed by atoms with Crippen LogP contribution in [-0.4, -0.2) is 15.3 Å². The van der Waals surface area contributed by atoms with E-state index in [1.807, 2.05) is 71.6 Å². The molecule has 1 aromatic carbocycles. The molecule has 0 N–H and O–H groups in total. The summed E-state index contributed by atoms with van der Waals surface area (Å²) in [5.41, 5.74) is 2.40. The van der Waals surface area contributed by atoms with Crippen LogP contribution in [0.25, 0.3) is 11.8 Å². The molecular formula is C18H14N2O. The van der Waals surface area contributed by atoms with Crippen molar-refractivity contribution < 1.29 is 4.79 Å². The van der Waals surface area contributed by atoms with Crippen LogP contribution in [0.5, 0.6) is 0 Å². The first-order chi connectivity index (χ1) is 10.3. The van der Waals surface area contributed by atoms with Crippen LogP contribution in [0.4, 0.5) is 0 Å². The molecule has 0 aliphatic heterocycles. The normalized spacial score (nSPS) is 10.9. The van der Waals surface area contributed by atoms with E-state index < -0.39 is 0 Å². The van der Waals surface area contributed by atoms with Gasteiger partial charge >= 0.3 is 0 Å². The predicted molar refractivity (Wildman–Crippen MR) is 83.4 cm³/mol. The maximum Gasteiger partial charge on any atom is 0.185 e. The summed E-state index contributed by atoms with van der Waals surface area (Å²) in [6, 6.07) is 17.1. The summed E-state index contributed by atoms with van der Waals surface area (Å²) in [6.07, 6.45) is 8.89. The van der Waals surface area contributed by atoms with Gasteiger partial charge in [-0.05, 0) is 48.6 Å². The average molecular weight is 274 g/mol. The van der Waals surface area contributed by atoms with Gasteiger partial charge in [0.05, 0.1) is 5.69 Å². The molecule has 0 spiro atoms. The topological polar surface area (TPSA) is 34.9 Å². The fraction of sp³-hybridized carbons (Fsp3) is 0. The summed E-state index contributed by atoms with van der Waals surface area (Å²) >= 11 is 0. The first-order valence-corrected chi connectivity index (χ1v) is 6.70. The molecule has 0 aliphatic carbocycles. The fourth-order valence-electron chi connectivity index (χ4n) is 2.06. The van der Waals surface area contributed by atoms with Gasteiger partial charge in [-0.15, -0.1) is 0 Å². The molecule has 0 atom stereocenters. The van der Waals surface area contributed by atoms with E-state index >= 15 is 0 Å². The Morgan fingerprint density at radius 3 is 2.62 bits per heavy atom. The van der Waals surface area contributed by atoms with Gasteiger partial charge in [0.1, 0.15) is 0 Å². The number of carbonyl (C=O) groups excluding carboxylic acids is 1. The van der Waals surface area contributed by atoms with Crippen LogP contribution in [-0.2, 0) is 0 Å². The Balaban J connectivity index is 1.82. The molecular weight excluding hydrogens is 260 g/mol. The summed E-state index contributed by atoms with van der Waals surface area (Å²) in [7, 11) is 0. The number of allylic oxidation sites excluding steroid dienone is 1. The van der Waals surface area contributed by atoms with E-state index in [1.54, 1.807) is 18.3 Å². The highest BCUT2D eigenvalue weighted by Gasteiger charge is 2.03. The number of pyridine rings is 1. The smallest absolute Gasteiger partial charge is 0.185 e. The van der Waals surface area contributed by atoms with Crippen LogP contribution in [0.2, 0.25) is 0 Å². The first-order valence-electron chi connectivity index (χ1n) is 6.70. The van der Waals surface area contributed by atoms with Gasteiger partial charge in [0.2, 0.25) is 0 Å². The first kappa shape index (κ1) is 13.1. The van der Waals surface area contributed by atoms with Crippen LogP contribution >= 0.6 is 0 Å². The largest absolute Gasteiger partial charge is 0.324 e. The Morgan fingerprint density at radius 2 is 1.86 bits per heavy atom. The van der Waals surface area contributed by atoms with Gasteiger partial charge < -0.3 is 4.57 Å². The molecule has 0 saturated carbocycles. The van der Waals surface area contributed by atoms with Gasteiger partial charge in [0, 0.05) is 29.8 Å². The second kappa shape index (κ2) is 6.01. The number of benzene rings is 1. The Hall–Kier alpha value is -2.94. The molecule has 0 radical (unpaired) electrons. The molecule has 0 unspecified atom stereocenters. The van der Waals surface area contributed by atoms with Gasteiger partial charge in [0.15, 0.2) is 5.78 Å². The lowest BCUT2D eigenvalue weighted by Crippen LogP contribution is -1.97. The zero-order valence-corrected chi connectivity index (χ0v) is 11.4. The monoisotopic (exact) mass is 274 g/mol. The minimum absolute atomic E-state index is 0.0327. The van der Waals surface area contributed by atoms with Crippen LogP contribution < -0.4 is 0 Å². The molecule has 2 aromatic heterocycles. The number of nitrogens with zero attached hydrogens (tertiary/aromatic N) is 2. The molecule has 3 nitrogen and oxygen atoms in total. The van der Waals surface area contributed by atoms with Crippen molar-refractivity contribution in [1.29, 1.82) is 0 Å². The van der Waals surface area contributed by atoms with Crippen molar-refractivity contribution in [2.75, 3.05) is 0 Å². The fourth-order valence-corrected chi connectivity index (χ4v) is 2.06. The predicted octanol–water partition coefficient (Wildman–Crippen LogP) is 3.77. The number of hydrogen-bond donors (Lipinski definition) is 0. The highest BCUT2D eigenvalue weighted by Crippen LogP contribution is 2.12. The number of ketones is 1. The van der Waals surface area contributed by atoms with E-state index in [4.69, 9.17) is 0 Å². The second-order valence-electron chi connectivity index (χ2n) is 4.59. The van der Waals surface area contributed by atoms with Crippen molar-refractivity contribution in [3.05, 3.63) is 90.5 Å². The minimum atomic E-state index is -0.0327. The molecule has 0 saturated heterocycles. The van der Waals surface area contributed by atoms with E-state index in [2.05, 4.69) is 4.98 Å². The van der Waals surface area contributed by atoms with E-state index in [-0.39, 0.29) is 5.78 Å². The van der Waals surface area contributed by atoms with E-state index in [0.717, 1.165) is 11.4 Å². The summed E-state index contributed by atoms with van der Waals surface area (Å²) in [6.45, 7) is 0.